The average molecular weight is 506 g/mol. The molecule has 3 rings (SSSR count). The smallest absolute Gasteiger partial charge is 0.261 e. The second kappa shape index (κ2) is 8.32. The van der Waals surface area contributed by atoms with Crippen molar-refractivity contribution < 1.29 is 13.2 Å². The van der Waals surface area contributed by atoms with Gasteiger partial charge in [0.1, 0.15) is 0 Å². The van der Waals surface area contributed by atoms with E-state index in [1.807, 2.05) is 25.1 Å². The number of hydrogen-bond donors (Lipinski definition) is 2. The molecule has 7 heteroatoms. The molecule has 0 saturated heterocycles. The number of nitrogens with one attached hydrogen (secondary N) is 2. The van der Waals surface area contributed by atoms with Crippen molar-refractivity contribution >= 4 is 49.9 Å². The quantitative estimate of drug-likeness (QED) is 0.481. The Kier molecular flexibility index (Phi) is 6.04. The predicted octanol–water partition coefficient (Wildman–Crippen LogP) is 4.96. The Morgan fingerprint density at radius 3 is 2.29 bits per heavy atom. The number of anilines is 2. The Labute approximate surface area is 178 Å². The van der Waals surface area contributed by atoms with E-state index in [2.05, 4.69) is 32.6 Å². The standard InChI is InChI=1S/C21H19IN2O3S/c1-14-13-16(22)11-12-19(14)23-21(25)18-9-6-10-20(15(18)2)24-28(26,27)17-7-4-3-5-8-17/h3-13,24H,1-2H3,(H,23,25). The Hall–Kier alpha value is -2.39. The summed E-state index contributed by atoms with van der Waals surface area (Å²) in [7, 11) is -3.73. The van der Waals surface area contributed by atoms with Crippen molar-refractivity contribution in [2.45, 2.75) is 18.7 Å². The Balaban J connectivity index is 1.87. The van der Waals surface area contributed by atoms with Gasteiger partial charge in [-0.1, -0.05) is 24.3 Å². The lowest BCUT2D eigenvalue weighted by Gasteiger charge is -2.14. The second-order valence-electron chi connectivity index (χ2n) is 6.31. The fourth-order valence-corrected chi connectivity index (χ4v) is 4.54. The molecule has 144 valence electrons. The van der Waals surface area contributed by atoms with Gasteiger partial charge in [0, 0.05) is 14.8 Å². The molecule has 1 amide bonds. The van der Waals surface area contributed by atoms with E-state index in [-0.39, 0.29) is 10.8 Å². The summed E-state index contributed by atoms with van der Waals surface area (Å²) in [5, 5.41) is 2.90. The second-order valence-corrected chi connectivity index (χ2v) is 9.24. The number of amides is 1. The van der Waals surface area contributed by atoms with E-state index < -0.39 is 10.0 Å². The number of aryl methyl sites for hydroxylation is 1. The van der Waals surface area contributed by atoms with Gasteiger partial charge in [-0.05, 0) is 90.0 Å². The van der Waals surface area contributed by atoms with E-state index in [0.29, 0.717) is 16.8 Å². The minimum atomic E-state index is -3.73. The zero-order valence-electron chi connectivity index (χ0n) is 15.4. The molecule has 0 bridgehead atoms. The third-order valence-corrected chi connectivity index (χ3v) is 6.37. The molecule has 0 radical (unpaired) electrons. The molecule has 0 fully saturated rings. The van der Waals surface area contributed by atoms with Crippen LogP contribution in [0.1, 0.15) is 21.5 Å². The number of hydrogen-bond acceptors (Lipinski definition) is 3. The summed E-state index contributed by atoms with van der Waals surface area (Å²) in [6.45, 7) is 3.65. The molecule has 0 unspecified atom stereocenters. The normalized spacial score (nSPS) is 11.1. The van der Waals surface area contributed by atoms with Gasteiger partial charge in [-0.25, -0.2) is 8.42 Å². The topological polar surface area (TPSA) is 75.3 Å². The molecule has 0 aliphatic heterocycles. The molecule has 0 saturated carbocycles. The molecular weight excluding hydrogens is 487 g/mol. The van der Waals surface area contributed by atoms with Gasteiger partial charge in [0.15, 0.2) is 0 Å². The largest absolute Gasteiger partial charge is 0.322 e. The van der Waals surface area contributed by atoms with Crippen molar-refractivity contribution in [1.29, 1.82) is 0 Å². The highest BCUT2D eigenvalue weighted by atomic mass is 127. The molecule has 2 N–H and O–H groups in total. The Morgan fingerprint density at radius 1 is 0.893 bits per heavy atom. The van der Waals surface area contributed by atoms with Crippen LogP contribution in [0.4, 0.5) is 11.4 Å². The minimum absolute atomic E-state index is 0.166. The van der Waals surface area contributed by atoms with Crippen LogP contribution in [0.3, 0.4) is 0 Å². The average Bonchev–Trinajstić information content (AvgIpc) is 2.66. The summed E-state index contributed by atoms with van der Waals surface area (Å²) in [6, 6.07) is 18.8. The van der Waals surface area contributed by atoms with Gasteiger partial charge in [-0.2, -0.15) is 0 Å². The van der Waals surface area contributed by atoms with Crippen LogP contribution in [-0.4, -0.2) is 14.3 Å². The molecule has 0 aliphatic rings. The number of carbonyl (C=O) groups is 1. The summed E-state index contributed by atoms with van der Waals surface area (Å²) < 4.78 is 28.8. The first kappa shape index (κ1) is 20.3. The fourth-order valence-electron chi connectivity index (χ4n) is 2.75. The summed E-state index contributed by atoms with van der Waals surface area (Å²) in [5.41, 5.74) is 3.02. The van der Waals surface area contributed by atoms with Crippen molar-refractivity contribution in [2.24, 2.45) is 0 Å². The van der Waals surface area contributed by atoms with Crippen molar-refractivity contribution in [3.05, 3.63) is 87.0 Å². The predicted molar refractivity (Wildman–Crippen MR) is 120 cm³/mol. The molecule has 3 aromatic carbocycles. The summed E-state index contributed by atoms with van der Waals surface area (Å²) in [4.78, 5) is 12.9. The van der Waals surface area contributed by atoms with E-state index in [1.54, 1.807) is 43.3 Å². The van der Waals surface area contributed by atoms with Gasteiger partial charge in [0.25, 0.3) is 15.9 Å². The third kappa shape index (κ3) is 4.53. The molecule has 0 aliphatic carbocycles. The van der Waals surface area contributed by atoms with E-state index in [9.17, 15) is 13.2 Å². The lowest BCUT2D eigenvalue weighted by Crippen LogP contribution is -2.17. The van der Waals surface area contributed by atoms with E-state index >= 15 is 0 Å². The highest BCUT2D eigenvalue weighted by Crippen LogP contribution is 2.24. The van der Waals surface area contributed by atoms with E-state index in [4.69, 9.17) is 0 Å². The van der Waals surface area contributed by atoms with Crippen LogP contribution in [-0.2, 0) is 10.0 Å². The number of benzene rings is 3. The van der Waals surface area contributed by atoms with Crippen LogP contribution in [0.25, 0.3) is 0 Å². The molecular formula is C21H19IN2O3S. The molecule has 5 nitrogen and oxygen atoms in total. The Morgan fingerprint density at radius 2 is 1.61 bits per heavy atom. The number of rotatable bonds is 5. The van der Waals surface area contributed by atoms with Gasteiger partial charge in [-0.15, -0.1) is 0 Å². The van der Waals surface area contributed by atoms with Crippen molar-refractivity contribution in [3.8, 4) is 0 Å². The first-order valence-electron chi connectivity index (χ1n) is 8.53. The lowest BCUT2D eigenvalue weighted by atomic mass is 10.1. The molecule has 0 aromatic heterocycles. The molecule has 0 atom stereocenters. The molecule has 0 spiro atoms. The van der Waals surface area contributed by atoms with Gasteiger partial charge in [0.2, 0.25) is 0 Å². The summed E-state index contributed by atoms with van der Waals surface area (Å²) in [6.07, 6.45) is 0. The van der Waals surface area contributed by atoms with Crippen molar-refractivity contribution in [2.75, 3.05) is 10.0 Å². The molecule has 3 aromatic rings. The van der Waals surface area contributed by atoms with E-state index in [0.717, 1.165) is 14.8 Å². The maximum absolute atomic E-state index is 12.8. The maximum Gasteiger partial charge on any atom is 0.261 e. The highest BCUT2D eigenvalue weighted by Gasteiger charge is 2.18. The van der Waals surface area contributed by atoms with Crippen LogP contribution in [0.5, 0.6) is 0 Å². The maximum atomic E-state index is 12.8. The first-order valence-corrected chi connectivity index (χ1v) is 11.1. The SMILES string of the molecule is Cc1cc(I)ccc1NC(=O)c1cccc(NS(=O)(=O)c2ccccc2)c1C. The Bertz CT molecular complexity index is 1130. The van der Waals surface area contributed by atoms with E-state index in [1.165, 1.54) is 12.1 Å². The fraction of sp³-hybridized carbons (Fsp3) is 0.0952. The van der Waals surface area contributed by atoms with Crippen molar-refractivity contribution in [3.63, 3.8) is 0 Å². The monoisotopic (exact) mass is 506 g/mol. The minimum Gasteiger partial charge on any atom is -0.322 e. The zero-order chi connectivity index (χ0) is 20.3. The van der Waals surface area contributed by atoms with Gasteiger partial charge >= 0.3 is 0 Å². The summed E-state index contributed by atoms with van der Waals surface area (Å²) >= 11 is 2.22. The zero-order valence-corrected chi connectivity index (χ0v) is 18.3. The molecule has 0 heterocycles. The van der Waals surface area contributed by atoms with Crippen LogP contribution in [0.15, 0.2) is 71.6 Å². The van der Waals surface area contributed by atoms with Crippen LogP contribution < -0.4 is 10.0 Å². The summed E-state index contributed by atoms with van der Waals surface area (Å²) in [5.74, 6) is -0.289. The first-order chi connectivity index (χ1) is 13.3. The van der Waals surface area contributed by atoms with Crippen LogP contribution >= 0.6 is 22.6 Å². The van der Waals surface area contributed by atoms with Gasteiger partial charge in [0.05, 0.1) is 10.6 Å². The molecule has 28 heavy (non-hydrogen) atoms. The highest BCUT2D eigenvalue weighted by molar-refractivity contribution is 14.1. The van der Waals surface area contributed by atoms with Crippen LogP contribution in [0.2, 0.25) is 0 Å². The number of carbonyl (C=O) groups excluding carboxylic acids is 1. The van der Waals surface area contributed by atoms with Crippen molar-refractivity contribution in [1.82, 2.24) is 0 Å². The van der Waals surface area contributed by atoms with Crippen LogP contribution in [0, 0.1) is 17.4 Å². The number of sulfonamides is 1. The lowest BCUT2D eigenvalue weighted by molar-refractivity contribution is 0.102. The number of halogens is 1. The van der Waals surface area contributed by atoms with Gasteiger partial charge < -0.3 is 5.32 Å². The van der Waals surface area contributed by atoms with Gasteiger partial charge in [-0.3, -0.25) is 9.52 Å². The third-order valence-electron chi connectivity index (χ3n) is 4.31.